The zero-order valence-electron chi connectivity index (χ0n) is 28.8. The van der Waals surface area contributed by atoms with Crippen LogP contribution in [0.2, 0.25) is 0 Å². The fourth-order valence-corrected chi connectivity index (χ4v) is 7.93. The molecule has 4 aliphatic heterocycles. The smallest absolute Gasteiger partial charge is 0.0696 e. The number of dihydropyridines is 1. The number of nitrogens with one attached hydrogen (secondary N) is 1. The fraction of sp³-hybridized carbons (Fsp3) is 0.106. The number of hydrogen-bond acceptors (Lipinski definition) is 4. The molecule has 0 amide bonds. The lowest BCUT2D eigenvalue weighted by molar-refractivity contribution is 0.449. The maximum atomic E-state index is 4.69. The summed E-state index contributed by atoms with van der Waals surface area (Å²) >= 11 is 0. The quantitative estimate of drug-likeness (QED) is 0.207. The Kier molecular flexibility index (Phi) is 7.78. The highest BCUT2D eigenvalue weighted by Gasteiger charge is 2.32. The third-order valence-corrected chi connectivity index (χ3v) is 10.4. The Balaban J connectivity index is 1.31. The molecule has 0 spiro atoms. The summed E-state index contributed by atoms with van der Waals surface area (Å²) in [6, 6.07) is 40.1. The second-order valence-corrected chi connectivity index (χ2v) is 13.6. The molecule has 0 aromatic heterocycles. The summed E-state index contributed by atoms with van der Waals surface area (Å²) in [6.07, 6.45) is 21.7. The number of para-hydroxylation sites is 2. The van der Waals surface area contributed by atoms with Gasteiger partial charge in [0.25, 0.3) is 0 Å². The van der Waals surface area contributed by atoms with Gasteiger partial charge < -0.3 is 20.0 Å². The van der Waals surface area contributed by atoms with Gasteiger partial charge in [0.1, 0.15) is 0 Å². The van der Waals surface area contributed by atoms with Gasteiger partial charge in [0.15, 0.2) is 0 Å². The maximum absolute atomic E-state index is 4.69. The van der Waals surface area contributed by atoms with E-state index >= 15 is 0 Å². The van der Waals surface area contributed by atoms with Gasteiger partial charge in [0.2, 0.25) is 0 Å². The Morgan fingerprint density at radius 1 is 0.725 bits per heavy atom. The van der Waals surface area contributed by atoms with Gasteiger partial charge in [0, 0.05) is 53.6 Å². The summed E-state index contributed by atoms with van der Waals surface area (Å²) in [5.41, 5.74) is 13.7. The van der Waals surface area contributed by atoms with Crippen molar-refractivity contribution in [2.24, 2.45) is 0 Å². The topological polar surface area (TPSA) is 21.8 Å². The van der Waals surface area contributed by atoms with Gasteiger partial charge in [-0.25, -0.2) is 0 Å². The normalized spacial score (nSPS) is 19.3. The Labute approximate surface area is 300 Å². The zero-order chi connectivity index (χ0) is 34.3. The third-order valence-electron chi connectivity index (χ3n) is 10.4. The molecule has 4 nitrogen and oxygen atoms in total. The van der Waals surface area contributed by atoms with Crippen molar-refractivity contribution in [2.45, 2.75) is 18.9 Å². The predicted octanol–water partition coefficient (Wildman–Crippen LogP) is 11.4. The molecule has 0 saturated heterocycles. The molecule has 248 valence electrons. The highest BCUT2D eigenvalue weighted by molar-refractivity contribution is 6.12. The van der Waals surface area contributed by atoms with E-state index in [1.165, 1.54) is 34.0 Å². The molecule has 0 bridgehead atoms. The van der Waals surface area contributed by atoms with Gasteiger partial charge in [-0.15, -0.1) is 0 Å². The molecule has 1 N–H and O–H groups in total. The van der Waals surface area contributed by atoms with Crippen molar-refractivity contribution in [3.05, 3.63) is 199 Å². The lowest BCUT2D eigenvalue weighted by Crippen LogP contribution is -2.22. The first-order valence-electron chi connectivity index (χ1n) is 17.9. The van der Waals surface area contributed by atoms with Crippen LogP contribution in [0.4, 0.5) is 22.7 Å². The van der Waals surface area contributed by atoms with E-state index in [9.17, 15) is 0 Å². The van der Waals surface area contributed by atoms with Crippen LogP contribution < -0.4 is 15.1 Å². The molecule has 0 fully saturated rings. The number of hydrogen-bond donors (Lipinski definition) is 1. The Morgan fingerprint density at radius 3 is 2.33 bits per heavy atom. The van der Waals surface area contributed by atoms with E-state index < -0.39 is 0 Å². The van der Waals surface area contributed by atoms with E-state index in [1.54, 1.807) is 0 Å². The van der Waals surface area contributed by atoms with Crippen LogP contribution >= 0.6 is 0 Å². The number of allylic oxidation sites excluding steroid dienone is 8. The van der Waals surface area contributed by atoms with E-state index in [-0.39, 0.29) is 6.04 Å². The summed E-state index contributed by atoms with van der Waals surface area (Å²) < 4.78 is 0. The van der Waals surface area contributed by atoms with Crippen LogP contribution in [0.15, 0.2) is 176 Å². The maximum Gasteiger partial charge on any atom is 0.0696 e. The third kappa shape index (κ3) is 5.50. The SMILES string of the molecule is C=C1/C=C\C=C/N(c2ccc3ccccc3c2)C2=C1c1ccccc1N(c1cc(C3=CCCCN3C)cc(C3C=CC=CN3)c1)c1ccccc12. The minimum Gasteiger partial charge on any atom is -0.381 e. The number of fused-ring (bicyclic) bond motifs is 5. The van der Waals surface area contributed by atoms with Crippen molar-refractivity contribution < 1.29 is 0 Å². The molecule has 9 rings (SSSR count). The van der Waals surface area contributed by atoms with Gasteiger partial charge in [-0.1, -0.05) is 104 Å². The molecule has 1 atom stereocenters. The number of rotatable bonds is 4. The molecule has 4 heterocycles. The predicted molar refractivity (Wildman–Crippen MR) is 216 cm³/mol. The fourth-order valence-electron chi connectivity index (χ4n) is 7.93. The molecule has 0 aliphatic carbocycles. The molecular weight excluding hydrogens is 621 g/mol. The van der Waals surface area contributed by atoms with Crippen LogP contribution in [0.1, 0.15) is 41.1 Å². The van der Waals surface area contributed by atoms with Gasteiger partial charge in [-0.2, -0.15) is 0 Å². The van der Waals surface area contributed by atoms with Crippen LogP contribution in [0, 0.1) is 0 Å². The van der Waals surface area contributed by atoms with Crippen LogP contribution in [-0.4, -0.2) is 18.5 Å². The molecule has 4 aliphatic rings. The van der Waals surface area contributed by atoms with Crippen molar-refractivity contribution in [1.82, 2.24) is 10.2 Å². The van der Waals surface area contributed by atoms with E-state index in [1.807, 2.05) is 6.20 Å². The molecule has 0 radical (unpaired) electrons. The van der Waals surface area contributed by atoms with Crippen molar-refractivity contribution >= 4 is 50.5 Å². The number of benzene rings is 5. The molecule has 51 heavy (non-hydrogen) atoms. The summed E-state index contributed by atoms with van der Waals surface area (Å²) in [5.74, 6) is 0. The standard InChI is InChI=1S/C47H40N4/c1-33-15-10-14-28-50(38-25-24-34-16-3-4-17-35(34)30-38)47-41-19-6-8-23-45(41)51(44-22-7-5-18-40(44)46(33)47)39-31-36(42-20-9-12-26-48-42)29-37(32-39)43-21-11-13-27-49(43)2/h3-10,12,14-26,28-32,42,48H,1,11,13,27H2,2H3/b15-10-,28-14-. The molecule has 5 aromatic rings. The van der Waals surface area contributed by atoms with E-state index in [0.717, 1.165) is 63.7 Å². The summed E-state index contributed by atoms with van der Waals surface area (Å²) in [5, 5.41) is 6.02. The molecule has 5 aromatic carbocycles. The zero-order valence-corrected chi connectivity index (χ0v) is 28.8. The number of nitrogens with zero attached hydrogens (tertiary/aromatic N) is 3. The van der Waals surface area contributed by atoms with Gasteiger partial charge >= 0.3 is 0 Å². The average Bonchev–Trinajstić information content (AvgIpc) is 3.30. The Bertz CT molecular complexity index is 2380. The van der Waals surface area contributed by atoms with E-state index in [4.69, 9.17) is 0 Å². The minimum absolute atomic E-state index is 0.0671. The van der Waals surface area contributed by atoms with Crippen molar-refractivity contribution in [2.75, 3.05) is 23.4 Å². The lowest BCUT2D eigenvalue weighted by atomic mass is 9.91. The number of anilines is 4. The van der Waals surface area contributed by atoms with Crippen molar-refractivity contribution in [3.8, 4) is 0 Å². The molecule has 0 saturated carbocycles. The van der Waals surface area contributed by atoms with Gasteiger partial charge in [-0.3, -0.25) is 0 Å². The first kappa shape index (κ1) is 30.8. The van der Waals surface area contributed by atoms with Crippen LogP contribution in [0.3, 0.4) is 0 Å². The van der Waals surface area contributed by atoms with Crippen LogP contribution in [0.5, 0.6) is 0 Å². The highest BCUT2D eigenvalue weighted by Crippen LogP contribution is 2.51. The summed E-state index contributed by atoms with van der Waals surface area (Å²) in [4.78, 5) is 7.22. The molecular formula is C47H40N4. The van der Waals surface area contributed by atoms with Crippen molar-refractivity contribution in [3.63, 3.8) is 0 Å². The minimum atomic E-state index is 0.0671. The second-order valence-electron chi connectivity index (χ2n) is 13.6. The average molecular weight is 661 g/mol. The van der Waals surface area contributed by atoms with Gasteiger partial charge in [0.05, 0.1) is 23.1 Å². The second kappa shape index (κ2) is 12.9. The monoisotopic (exact) mass is 660 g/mol. The van der Waals surface area contributed by atoms with Gasteiger partial charge in [-0.05, 0) is 101 Å². The largest absolute Gasteiger partial charge is 0.381 e. The van der Waals surface area contributed by atoms with Crippen molar-refractivity contribution in [1.29, 1.82) is 0 Å². The summed E-state index contributed by atoms with van der Waals surface area (Å²) in [6.45, 7) is 5.74. The summed E-state index contributed by atoms with van der Waals surface area (Å²) in [7, 11) is 2.22. The van der Waals surface area contributed by atoms with E-state index in [0.29, 0.717) is 0 Å². The first-order valence-corrected chi connectivity index (χ1v) is 17.9. The Morgan fingerprint density at radius 2 is 1.51 bits per heavy atom. The van der Waals surface area contributed by atoms with Crippen LogP contribution in [-0.2, 0) is 0 Å². The highest BCUT2D eigenvalue weighted by atomic mass is 15.2. The van der Waals surface area contributed by atoms with Crippen LogP contribution in [0.25, 0.3) is 27.7 Å². The molecule has 4 heteroatoms. The Hall–Kier alpha value is -6.26. The first-order chi connectivity index (χ1) is 25.1. The lowest BCUT2D eigenvalue weighted by Gasteiger charge is -2.32. The van der Waals surface area contributed by atoms with E-state index in [2.05, 4.69) is 192 Å². The molecule has 1 unspecified atom stereocenters.